The summed E-state index contributed by atoms with van der Waals surface area (Å²) in [5.74, 6) is 0.888. The molecule has 27 heavy (non-hydrogen) atoms. The fourth-order valence-electron chi connectivity index (χ4n) is 3.65. The van der Waals surface area contributed by atoms with Gasteiger partial charge in [-0.15, -0.1) is 0 Å². The van der Waals surface area contributed by atoms with E-state index in [0.717, 1.165) is 31.2 Å². The van der Waals surface area contributed by atoms with Gasteiger partial charge in [0.1, 0.15) is 0 Å². The number of hydrogen-bond acceptors (Lipinski definition) is 5. The monoisotopic (exact) mass is 391 g/mol. The Morgan fingerprint density at radius 2 is 1.63 bits per heavy atom. The molecule has 1 aromatic carbocycles. The Kier molecular flexibility index (Phi) is 5.45. The van der Waals surface area contributed by atoms with Crippen molar-refractivity contribution < 1.29 is 12.9 Å². The van der Waals surface area contributed by atoms with Crippen LogP contribution in [0.2, 0.25) is 0 Å². The van der Waals surface area contributed by atoms with Crippen molar-refractivity contribution in [3.8, 4) is 0 Å². The lowest BCUT2D eigenvalue weighted by molar-refractivity contribution is 0.301. The molecule has 0 saturated heterocycles. The minimum atomic E-state index is -3.71. The first kappa shape index (κ1) is 20.0. The zero-order valence-corrected chi connectivity index (χ0v) is 17.4. The van der Waals surface area contributed by atoms with E-state index in [0.29, 0.717) is 24.6 Å². The summed E-state index contributed by atoms with van der Waals surface area (Å²) in [7, 11) is -3.71. The zero-order valence-electron chi connectivity index (χ0n) is 16.6. The van der Waals surface area contributed by atoms with Gasteiger partial charge in [-0.05, 0) is 36.0 Å². The van der Waals surface area contributed by atoms with Gasteiger partial charge < -0.3 is 4.52 Å². The van der Waals surface area contributed by atoms with E-state index in [2.05, 4.69) is 35.6 Å². The molecule has 0 amide bonds. The van der Waals surface area contributed by atoms with Crippen LogP contribution in [0.25, 0.3) is 0 Å². The molecule has 1 heterocycles. The maximum absolute atomic E-state index is 13.2. The first-order valence-electron chi connectivity index (χ1n) is 9.58. The Morgan fingerprint density at radius 1 is 1.04 bits per heavy atom. The molecule has 1 fully saturated rings. The highest BCUT2D eigenvalue weighted by atomic mass is 32.2. The van der Waals surface area contributed by atoms with E-state index >= 15 is 0 Å². The van der Waals surface area contributed by atoms with E-state index in [1.54, 1.807) is 19.1 Å². The molecule has 1 aliphatic carbocycles. The summed E-state index contributed by atoms with van der Waals surface area (Å²) in [6.07, 6.45) is 5.37. The molecule has 148 valence electrons. The number of hydrogen-bond donors (Lipinski definition) is 1. The minimum Gasteiger partial charge on any atom is -0.340 e. The molecule has 1 N–H and O–H groups in total. The number of benzene rings is 1. The topological polar surface area (TPSA) is 85.1 Å². The van der Waals surface area contributed by atoms with Crippen LogP contribution in [0.3, 0.4) is 0 Å². The van der Waals surface area contributed by atoms with Gasteiger partial charge >= 0.3 is 0 Å². The van der Waals surface area contributed by atoms with E-state index in [4.69, 9.17) is 4.52 Å². The molecule has 7 heteroatoms. The maximum Gasteiger partial charge on any atom is 0.241 e. The maximum atomic E-state index is 13.2. The van der Waals surface area contributed by atoms with E-state index in [-0.39, 0.29) is 10.3 Å². The molecule has 0 atom stereocenters. The highest BCUT2D eigenvalue weighted by molar-refractivity contribution is 7.89. The molecule has 1 saturated carbocycles. The van der Waals surface area contributed by atoms with Crippen molar-refractivity contribution in [3.05, 3.63) is 41.5 Å². The highest BCUT2D eigenvalue weighted by Gasteiger charge is 2.41. The standard InChI is InChI=1S/C20H29N3O3S/c1-15-21-18(22-26-15)20(13-7-5-6-8-14-20)23-27(24,25)17-11-9-16(10-12-17)19(2,3)4/h9-12,23H,5-8,13-14H2,1-4H3. The molecule has 0 spiro atoms. The number of aryl methyl sites for hydroxylation is 1. The van der Waals surface area contributed by atoms with Crippen LogP contribution in [-0.2, 0) is 21.0 Å². The van der Waals surface area contributed by atoms with Crippen molar-refractivity contribution in [2.24, 2.45) is 0 Å². The third-order valence-corrected chi connectivity index (χ3v) is 6.83. The number of sulfonamides is 1. The molecule has 3 rings (SSSR count). The van der Waals surface area contributed by atoms with Crippen LogP contribution in [0.4, 0.5) is 0 Å². The van der Waals surface area contributed by atoms with Crippen molar-refractivity contribution in [2.75, 3.05) is 0 Å². The Morgan fingerprint density at radius 3 is 2.11 bits per heavy atom. The summed E-state index contributed by atoms with van der Waals surface area (Å²) in [5.41, 5.74) is 0.260. The molecule has 6 nitrogen and oxygen atoms in total. The minimum absolute atomic E-state index is 0.0274. The van der Waals surface area contributed by atoms with Crippen molar-refractivity contribution in [3.63, 3.8) is 0 Å². The van der Waals surface area contributed by atoms with Crippen LogP contribution < -0.4 is 4.72 Å². The molecule has 2 aromatic rings. The number of rotatable bonds is 4. The van der Waals surface area contributed by atoms with Crippen LogP contribution in [-0.4, -0.2) is 18.6 Å². The molecular weight excluding hydrogens is 362 g/mol. The largest absolute Gasteiger partial charge is 0.340 e. The Bertz CT molecular complexity index is 872. The van der Waals surface area contributed by atoms with Crippen molar-refractivity contribution in [1.29, 1.82) is 0 Å². The van der Waals surface area contributed by atoms with E-state index < -0.39 is 15.6 Å². The predicted molar refractivity (Wildman–Crippen MR) is 104 cm³/mol. The molecule has 1 aliphatic rings. The normalized spacial score (nSPS) is 18.2. The second-order valence-electron chi connectivity index (χ2n) is 8.51. The fraction of sp³-hybridized carbons (Fsp3) is 0.600. The second kappa shape index (κ2) is 7.36. The summed E-state index contributed by atoms with van der Waals surface area (Å²) in [4.78, 5) is 4.63. The fourth-order valence-corrected chi connectivity index (χ4v) is 5.07. The second-order valence-corrected chi connectivity index (χ2v) is 10.2. The highest BCUT2D eigenvalue weighted by Crippen LogP contribution is 2.36. The van der Waals surface area contributed by atoms with Crippen molar-refractivity contribution in [1.82, 2.24) is 14.9 Å². The summed E-state index contributed by atoms with van der Waals surface area (Å²) < 4.78 is 34.4. The van der Waals surface area contributed by atoms with Gasteiger partial charge in [-0.2, -0.15) is 9.71 Å². The number of nitrogens with zero attached hydrogens (tertiary/aromatic N) is 2. The van der Waals surface area contributed by atoms with Crippen LogP contribution in [0.1, 0.15) is 76.6 Å². The Labute approximate surface area is 161 Å². The van der Waals surface area contributed by atoms with E-state index in [9.17, 15) is 8.42 Å². The first-order valence-corrected chi connectivity index (χ1v) is 11.1. The van der Waals surface area contributed by atoms with Crippen LogP contribution in [0.15, 0.2) is 33.7 Å². The van der Waals surface area contributed by atoms with Gasteiger partial charge in [0.25, 0.3) is 0 Å². The molecular formula is C20H29N3O3S. The Hall–Kier alpha value is -1.73. The predicted octanol–water partition coefficient (Wildman–Crippen LogP) is 4.20. The van der Waals surface area contributed by atoms with Crippen LogP contribution in [0.5, 0.6) is 0 Å². The summed E-state index contributed by atoms with van der Waals surface area (Å²) in [5, 5.41) is 4.06. The summed E-state index contributed by atoms with van der Waals surface area (Å²) in [6.45, 7) is 8.04. The average Bonchev–Trinajstić information content (AvgIpc) is 2.90. The van der Waals surface area contributed by atoms with Gasteiger partial charge in [0.2, 0.25) is 15.9 Å². The number of nitrogens with one attached hydrogen (secondary N) is 1. The molecule has 0 unspecified atom stereocenters. The van der Waals surface area contributed by atoms with Gasteiger partial charge in [-0.3, -0.25) is 0 Å². The quantitative estimate of drug-likeness (QED) is 0.789. The summed E-state index contributed by atoms with van der Waals surface area (Å²) in [6, 6.07) is 7.11. The van der Waals surface area contributed by atoms with Gasteiger partial charge in [-0.1, -0.05) is 63.7 Å². The third kappa shape index (κ3) is 4.41. The lowest BCUT2D eigenvalue weighted by atomic mass is 9.87. The molecule has 0 bridgehead atoms. The zero-order chi connectivity index (χ0) is 19.7. The Balaban J connectivity index is 1.95. The third-order valence-electron chi connectivity index (χ3n) is 5.27. The molecule has 0 aliphatic heterocycles. The van der Waals surface area contributed by atoms with Gasteiger partial charge in [0.05, 0.1) is 10.4 Å². The molecule has 1 aromatic heterocycles. The lowest BCUT2D eigenvalue weighted by Gasteiger charge is -2.30. The smallest absolute Gasteiger partial charge is 0.241 e. The van der Waals surface area contributed by atoms with Crippen molar-refractivity contribution in [2.45, 2.75) is 82.1 Å². The average molecular weight is 392 g/mol. The SMILES string of the molecule is Cc1nc(C2(NS(=O)(=O)c3ccc(C(C)(C)C)cc3)CCCCCC2)no1. The van der Waals surface area contributed by atoms with E-state index in [1.165, 1.54) is 0 Å². The van der Waals surface area contributed by atoms with Crippen LogP contribution in [0, 0.1) is 6.92 Å². The summed E-state index contributed by atoms with van der Waals surface area (Å²) >= 11 is 0. The number of aromatic nitrogens is 2. The van der Waals surface area contributed by atoms with Crippen LogP contribution >= 0.6 is 0 Å². The lowest BCUT2D eigenvalue weighted by Crippen LogP contribution is -2.46. The van der Waals surface area contributed by atoms with Gasteiger partial charge in [0, 0.05) is 6.92 Å². The molecule has 0 radical (unpaired) electrons. The van der Waals surface area contributed by atoms with E-state index in [1.807, 2.05) is 12.1 Å². The van der Waals surface area contributed by atoms with Gasteiger partial charge in [0.15, 0.2) is 5.82 Å². The van der Waals surface area contributed by atoms with Gasteiger partial charge in [-0.25, -0.2) is 8.42 Å². The van der Waals surface area contributed by atoms with Crippen molar-refractivity contribution >= 4 is 10.0 Å². The first-order chi connectivity index (χ1) is 12.6.